The highest BCUT2D eigenvalue weighted by atomic mass is 32.1. The van der Waals surface area contributed by atoms with Crippen molar-refractivity contribution < 1.29 is 9.32 Å². The molecule has 1 saturated carbocycles. The summed E-state index contributed by atoms with van der Waals surface area (Å²) in [6.45, 7) is 0. The molecule has 0 saturated heterocycles. The fourth-order valence-electron chi connectivity index (χ4n) is 3.09. The number of hydrogen-bond donors (Lipinski definition) is 1. The van der Waals surface area contributed by atoms with Gasteiger partial charge in [0.05, 0.1) is 0 Å². The van der Waals surface area contributed by atoms with Gasteiger partial charge < -0.3 is 9.84 Å². The summed E-state index contributed by atoms with van der Waals surface area (Å²) in [7, 11) is 0. The van der Waals surface area contributed by atoms with Gasteiger partial charge in [0.2, 0.25) is 5.82 Å². The molecule has 0 spiro atoms. The molecule has 3 heterocycles. The zero-order chi connectivity index (χ0) is 17.8. The largest absolute Gasteiger partial charge is 0.347 e. The number of amides is 1. The molecule has 1 amide bonds. The summed E-state index contributed by atoms with van der Waals surface area (Å²) < 4.78 is 5.29. The first kappa shape index (κ1) is 16.8. The number of nitrogens with zero attached hydrogens (tertiary/aromatic N) is 4. The normalized spacial score (nSPS) is 15.5. The lowest BCUT2D eigenvalue weighted by atomic mass is 10.1. The quantitative estimate of drug-likeness (QED) is 0.705. The standard InChI is InChI=1S/C18H19N5O2S/c24-16(20-13-7-3-1-2-4-8-13)18-21-14(11-26-18)17-22-15(23-25-17)12-6-5-9-19-10-12/h5-6,9-11,13H,1-4,7-8H2,(H,20,24). The van der Waals surface area contributed by atoms with E-state index in [1.54, 1.807) is 17.8 Å². The second-order valence-electron chi connectivity index (χ2n) is 6.36. The predicted octanol–water partition coefficient (Wildman–Crippen LogP) is 3.71. The van der Waals surface area contributed by atoms with Crippen LogP contribution in [0.3, 0.4) is 0 Å². The van der Waals surface area contributed by atoms with Gasteiger partial charge in [0.15, 0.2) is 5.01 Å². The summed E-state index contributed by atoms with van der Waals surface area (Å²) in [5.74, 6) is 0.624. The molecule has 1 aliphatic carbocycles. The Morgan fingerprint density at radius 1 is 1.19 bits per heavy atom. The number of hydrogen-bond acceptors (Lipinski definition) is 7. The van der Waals surface area contributed by atoms with Crippen LogP contribution >= 0.6 is 11.3 Å². The van der Waals surface area contributed by atoms with Crippen molar-refractivity contribution in [1.29, 1.82) is 0 Å². The molecule has 0 bridgehead atoms. The Morgan fingerprint density at radius 3 is 2.81 bits per heavy atom. The van der Waals surface area contributed by atoms with Crippen molar-refractivity contribution in [2.24, 2.45) is 0 Å². The van der Waals surface area contributed by atoms with Crippen LogP contribution in [0.15, 0.2) is 34.4 Å². The molecule has 1 aliphatic rings. The first-order chi connectivity index (χ1) is 12.8. The summed E-state index contributed by atoms with van der Waals surface area (Å²) in [5.41, 5.74) is 1.28. The van der Waals surface area contributed by atoms with Gasteiger partial charge in [0.1, 0.15) is 5.69 Å². The molecule has 4 rings (SSSR count). The van der Waals surface area contributed by atoms with Crippen LogP contribution in [0.25, 0.3) is 23.0 Å². The highest BCUT2D eigenvalue weighted by Crippen LogP contribution is 2.24. The van der Waals surface area contributed by atoms with E-state index >= 15 is 0 Å². The van der Waals surface area contributed by atoms with Crippen molar-refractivity contribution in [2.45, 2.75) is 44.6 Å². The molecule has 7 nitrogen and oxygen atoms in total. The lowest BCUT2D eigenvalue weighted by Gasteiger charge is -2.14. The minimum atomic E-state index is -0.125. The molecule has 8 heteroatoms. The van der Waals surface area contributed by atoms with Crippen LogP contribution in [0.1, 0.15) is 48.3 Å². The minimum Gasteiger partial charge on any atom is -0.347 e. The molecule has 0 unspecified atom stereocenters. The summed E-state index contributed by atoms with van der Waals surface area (Å²) in [6, 6.07) is 3.91. The van der Waals surface area contributed by atoms with Crippen LogP contribution in [0.4, 0.5) is 0 Å². The molecule has 0 aliphatic heterocycles. The third-order valence-electron chi connectivity index (χ3n) is 4.45. The van der Waals surface area contributed by atoms with Gasteiger partial charge in [0, 0.05) is 29.4 Å². The van der Waals surface area contributed by atoms with Gasteiger partial charge in [-0.2, -0.15) is 4.98 Å². The van der Waals surface area contributed by atoms with Crippen LogP contribution < -0.4 is 5.32 Å². The highest BCUT2D eigenvalue weighted by Gasteiger charge is 2.20. The fourth-order valence-corrected chi connectivity index (χ4v) is 3.78. The van der Waals surface area contributed by atoms with Gasteiger partial charge in [-0.15, -0.1) is 11.3 Å². The second kappa shape index (κ2) is 7.74. The van der Waals surface area contributed by atoms with Crippen molar-refractivity contribution in [3.05, 3.63) is 34.9 Å². The third-order valence-corrected chi connectivity index (χ3v) is 5.29. The Morgan fingerprint density at radius 2 is 2.04 bits per heavy atom. The van der Waals surface area contributed by atoms with Crippen molar-refractivity contribution in [3.63, 3.8) is 0 Å². The maximum absolute atomic E-state index is 12.5. The summed E-state index contributed by atoms with van der Waals surface area (Å²) in [5, 5.41) is 9.25. The van der Waals surface area contributed by atoms with E-state index < -0.39 is 0 Å². The zero-order valence-corrected chi connectivity index (χ0v) is 15.0. The predicted molar refractivity (Wildman–Crippen MR) is 97.6 cm³/mol. The van der Waals surface area contributed by atoms with E-state index in [1.807, 2.05) is 12.1 Å². The molecule has 1 fully saturated rings. The maximum atomic E-state index is 12.5. The van der Waals surface area contributed by atoms with Gasteiger partial charge in [-0.25, -0.2) is 4.98 Å². The molecular formula is C18H19N5O2S. The van der Waals surface area contributed by atoms with Crippen LogP contribution in [-0.4, -0.2) is 32.1 Å². The van der Waals surface area contributed by atoms with Crippen molar-refractivity contribution in [1.82, 2.24) is 25.4 Å². The zero-order valence-electron chi connectivity index (χ0n) is 14.2. The first-order valence-electron chi connectivity index (χ1n) is 8.80. The second-order valence-corrected chi connectivity index (χ2v) is 7.22. The number of carbonyl (C=O) groups excluding carboxylic acids is 1. The number of rotatable bonds is 4. The Balaban J connectivity index is 1.46. The summed E-state index contributed by atoms with van der Waals surface area (Å²) >= 11 is 1.29. The van der Waals surface area contributed by atoms with Gasteiger partial charge in [-0.05, 0) is 25.0 Å². The Hall–Kier alpha value is -2.61. The van der Waals surface area contributed by atoms with E-state index in [0.29, 0.717) is 22.4 Å². The Bertz CT molecular complexity index is 869. The van der Waals surface area contributed by atoms with Gasteiger partial charge in [0.25, 0.3) is 11.8 Å². The van der Waals surface area contributed by atoms with Crippen LogP contribution in [0.5, 0.6) is 0 Å². The molecule has 0 atom stereocenters. The van der Waals surface area contributed by atoms with E-state index in [4.69, 9.17) is 4.52 Å². The summed E-state index contributed by atoms with van der Waals surface area (Å²) in [6.07, 6.45) is 10.3. The van der Waals surface area contributed by atoms with E-state index in [0.717, 1.165) is 18.4 Å². The maximum Gasteiger partial charge on any atom is 0.280 e. The van der Waals surface area contributed by atoms with E-state index in [1.165, 1.54) is 37.0 Å². The average Bonchev–Trinajstić information content (AvgIpc) is 3.28. The molecule has 3 aromatic heterocycles. The topological polar surface area (TPSA) is 93.8 Å². The first-order valence-corrected chi connectivity index (χ1v) is 9.68. The van der Waals surface area contributed by atoms with Gasteiger partial charge in [-0.3, -0.25) is 9.78 Å². The van der Waals surface area contributed by atoms with E-state index in [2.05, 4.69) is 25.4 Å². The van der Waals surface area contributed by atoms with Crippen LogP contribution in [0, 0.1) is 0 Å². The van der Waals surface area contributed by atoms with E-state index in [9.17, 15) is 4.79 Å². The lowest BCUT2D eigenvalue weighted by molar-refractivity contribution is 0.0933. The summed E-state index contributed by atoms with van der Waals surface area (Å²) in [4.78, 5) is 25.2. The lowest BCUT2D eigenvalue weighted by Crippen LogP contribution is -2.34. The minimum absolute atomic E-state index is 0.125. The Kier molecular flexibility index (Phi) is 5.01. The molecule has 3 aromatic rings. The number of nitrogens with one attached hydrogen (secondary N) is 1. The van der Waals surface area contributed by atoms with Crippen molar-refractivity contribution >= 4 is 17.2 Å². The van der Waals surface area contributed by atoms with Gasteiger partial charge in [-0.1, -0.05) is 30.8 Å². The number of pyridine rings is 1. The van der Waals surface area contributed by atoms with Crippen molar-refractivity contribution in [2.75, 3.05) is 0 Å². The number of thiazole rings is 1. The smallest absolute Gasteiger partial charge is 0.280 e. The Labute approximate surface area is 154 Å². The molecule has 1 N–H and O–H groups in total. The molecular weight excluding hydrogens is 350 g/mol. The van der Waals surface area contributed by atoms with E-state index in [-0.39, 0.29) is 11.9 Å². The molecule has 26 heavy (non-hydrogen) atoms. The van der Waals surface area contributed by atoms with Crippen LogP contribution in [0.2, 0.25) is 0 Å². The van der Waals surface area contributed by atoms with Gasteiger partial charge >= 0.3 is 0 Å². The highest BCUT2D eigenvalue weighted by molar-refractivity contribution is 7.12. The monoisotopic (exact) mass is 369 g/mol. The molecule has 134 valence electrons. The van der Waals surface area contributed by atoms with Crippen LogP contribution in [-0.2, 0) is 0 Å². The third kappa shape index (κ3) is 3.80. The number of aromatic nitrogens is 4. The number of carbonyl (C=O) groups is 1. The average molecular weight is 369 g/mol. The van der Waals surface area contributed by atoms with Crippen molar-refractivity contribution in [3.8, 4) is 23.0 Å². The SMILES string of the molecule is O=C(NC1CCCCCC1)c1nc(-c2nc(-c3cccnc3)no2)cs1. The molecule has 0 radical (unpaired) electrons. The fraction of sp³-hybridized carbons (Fsp3) is 0.389. The molecule has 0 aromatic carbocycles.